The summed E-state index contributed by atoms with van der Waals surface area (Å²) in [6.07, 6.45) is 0. The van der Waals surface area contributed by atoms with Crippen LogP contribution in [0.15, 0.2) is 36.4 Å². The number of halogens is 2. The molecule has 0 saturated heterocycles. The molecule has 2 aromatic carbocycles. The van der Waals surface area contributed by atoms with E-state index in [0.29, 0.717) is 11.3 Å². The van der Waals surface area contributed by atoms with Crippen LogP contribution in [0.5, 0.6) is 0 Å². The molecule has 0 fully saturated rings. The summed E-state index contributed by atoms with van der Waals surface area (Å²) in [4.78, 5) is 10.9. The third-order valence-electron chi connectivity index (χ3n) is 2.69. The van der Waals surface area contributed by atoms with Crippen LogP contribution in [0, 0.1) is 12.7 Å². The van der Waals surface area contributed by atoms with E-state index >= 15 is 0 Å². The summed E-state index contributed by atoms with van der Waals surface area (Å²) >= 11 is 5.90. The van der Waals surface area contributed by atoms with Gasteiger partial charge in [-0.2, -0.15) is 0 Å². The maximum absolute atomic E-state index is 13.6. The number of rotatable bonds is 3. The maximum Gasteiger partial charge on any atom is 0.335 e. The highest BCUT2D eigenvalue weighted by atomic mass is 35.5. The standard InChI is InChI=1S/C14H11ClFNO2/c1-8-7-9(5-6-10(8)14(18)19)17-13-11(15)3-2-4-12(13)16/h2-7,17H,1H3,(H,18,19). The van der Waals surface area contributed by atoms with E-state index in [9.17, 15) is 9.18 Å². The normalized spacial score (nSPS) is 10.3. The van der Waals surface area contributed by atoms with Crippen LogP contribution in [0.4, 0.5) is 15.8 Å². The van der Waals surface area contributed by atoms with E-state index in [1.807, 2.05) is 0 Å². The van der Waals surface area contributed by atoms with E-state index in [0.717, 1.165) is 0 Å². The van der Waals surface area contributed by atoms with Gasteiger partial charge in [0, 0.05) is 5.69 Å². The van der Waals surface area contributed by atoms with Gasteiger partial charge >= 0.3 is 5.97 Å². The molecule has 2 N–H and O–H groups in total. The highest BCUT2D eigenvalue weighted by Gasteiger charge is 2.10. The second-order valence-electron chi connectivity index (χ2n) is 4.06. The zero-order valence-corrected chi connectivity index (χ0v) is 10.8. The number of aryl methyl sites for hydroxylation is 1. The SMILES string of the molecule is Cc1cc(Nc2c(F)cccc2Cl)ccc1C(=O)O. The van der Waals surface area contributed by atoms with Gasteiger partial charge in [-0.05, 0) is 42.8 Å². The molecule has 0 radical (unpaired) electrons. The summed E-state index contributed by atoms with van der Waals surface area (Å²) in [5.41, 5.74) is 1.55. The molecule has 0 aliphatic rings. The summed E-state index contributed by atoms with van der Waals surface area (Å²) in [6.45, 7) is 1.68. The van der Waals surface area contributed by atoms with Gasteiger partial charge in [0.2, 0.25) is 0 Å². The average Bonchev–Trinajstić information content (AvgIpc) is 2.33. The molecule has 5 heteroatoms. The van der Waals surface area contributed by atoms with Crippen LogP contribution in [0.2, 0.25) is 5.02 Å². The number of para-hydroxylation sites is 1. The molecule has 19 heavy (non-hydrogen) atoms. The summed E-state index contributed by atoms with van der Waals surface area (Å²) < 4.78 is 13.6. The second-order valence-corrected chi connectivity index (χ2v) is 4.46. The van der Waals surface area contributed by atoms with Gasteiger partial charge in [0.25, 0.3) is 0 Å². The Morgan fingerprint density at radius 3 is 2.63 bits per heavy atom. The van der Waals surface area contributed by atoms with Gasteiger partial charge in [-0.15, -0.1) is 0 Å². The van der Waals surface area contributed by atoms with Gasteiger partial charge in [-0.25, -0.2) is 9.18 Å². The van der Waals surface area contributed by atoms with Crippen molar-refractivity contribution in [2.45, 2.75) is 6.92 Å². The van der Waals surface area contributed by atoms with Crippen molar-refractivity contribution in [3.63, 3.8) is 0 Å². The molecule has 0 heterocycles. The van der Waals surface area contributed by atoms with Crippen LogP contribution in [0.25, 0.3) is 0 Å². The second kappa shape index (κ2) is 5.28. The van der Waals surface area contributed by atoms with Crippen molar-refractivity contribution < 1.29 is 14.3 Å². The van der Waals surface area contributed by atoms with Crippen LogP contribution in [-0.4, -0.2) is 11.1 Å². The lowest BCUT2D eigenvalue weighted by molar-refractivity contribution is 0.0696. The number of carboxylic acid groups (broad SMARTS) is 1. The van der Waals surface area contributed by atoms with Crippen molar-refractivity contribution in [1.82, 2.24) is 0 Å². The van der Waals surface area contributed by atoms with Gasteiger partial charge in [0.1, 0.15) is 5.82 Å². The Labute approximate surface area is 114 Å². The lowest BCUT2D eigenvalue weighted by Gasteiger charge is -2.11. The Morgan fingerprint density at radius 1 is 1.32 bits per heavy atom. The minimum Gasteiger partial charge on any atom is -0.478 e. The van der Waals surface area contributed by atoms with Crippen molar-refractivity contribution in [3.05, 3.63) is 58.4 Å². The fourth-order valence-corrected chi connectivity index (χ4v) is 1.95. The topological polar surface area (TPSA) is 49.3 Å². The van der Waals surface area contributed by atoms with Crippen LogP contribution in [0.1, 0.15) is 15.9 Å². The largest absolute Gasteiger partial charge is 0.478 e. The Hall–Kier alpha value is -2.07. The number of anilines is 2. The predicted octanol–water partition coefficient (Wildman–Crippen LogP) is 4.23. The van der Waals surface area contributed by atoms with Crippen LogP contribution in [0.3, 0.4) is 0 Å². The molecule has 0 aromatic heterocycles. The molecule has 0 bridgehead atoms. The number of hydrogen-bond acceptors (Lipinski definition) is 2. The third-order valence-corrected chi connectivity index (χ3v) is 3.00. The Balaban J connectivity index is 2.34. The number of carbonyl (C=O) groups is 1. The molecule has 0 saturated carbocycles. The van der Waals surface area contributed by atoms with Gasteiger partial charge in [0.05, 0.1) is 16.3 Å². The van der Waals surface area contributed by atoms with Crippen molar-refractivity contribution in [1.29, 1.82) is 0 Å². The highest BCUT2D eigenvalue weighted by Crippen LogP contribution is 2.28. The van der Waals surface area contributed by atoms with Crippen molar-refractivity contribution in [3.8, 4) is 0 Å². The average molecular weight is 280 g/mol. The lowest BCUT2D eigenvalue weighted by Crippen LogP contribution is -2.01. The predicted molar refractivity (Wildman–Crippen MR) is 72.8 cm³/mol. The minimum atomic E-state index is -0.993. The number of hydrogen-bond donors (Lipinski definition) is 2. The minimum absolute atomic E-state index is 0.173. The zero-order chi connectivity index (χ0) is 14.0. The van der Waals surface area contributed by atoms with E-state index in [-0.39, 0.29) is 16.3 Å². The Morgan fingerprint density at radius 2 is 2.05 bits per heavy atom. The van der Waals surface area contributed by atoms with Crippen LogP contribution >= 0.6 is 11.6 Å². The Kier molecular flexibility index (Phi) is 3.71. The third kappa shape index (κ3) is 2.85. The summed E-state index contributed by atoms with van der Waals surface area (Å²) in [5, 5.41) is 12.0. The summed E-state index contributed by atoms with van der Waals surface area (Å²) in [5.74, 6) is -1.46. The van der Waals surface area contributed by atoms with E-state index in [1.165, 1.54) is 18.2 Å². The lowest BCUT2D eigenvalue weighted by atomic mass is 10.1. The molecule has 2 rings (SSSR count). The number of carboxylic acids is 1. The first-order chi connectivity index (χ1) is 8.99. The highest BCUT2D eigenvalue weighted by molar-refractivity contribution is 6.33. The molecule has 98 valence electrons. The van der Waals surface area contributed by atoms with E-state index < -0.39 is 11.8 Å². The smallest absolute Gasteiger partial charge is 0.335 e. The molecular formula is C14H11ClFNO2. The quantitative estimate of drug-likeness (QED) is 0.884. The van der Waals surface area contributed by atoms with Crippen LogP contribution in [-0.2, 0) is 0 Å². The monoisotopic (exact) mass is 279 g/mol. The molecule has 0 aliphatic carbocycles. The number of nitrogens with one attached hydrogen (secondary N) is 1. The Bertz CT molecular complexity index is 623. The molecular weight excluding hydrogens is 269 g/mol. The zero-order valence-electron chi connectivity index (χ0n) is 10.1. The van der Waals surface area contributed by atoms with Crippen molar-refractivity contribution in [2.24, 2.45) is 0 Å². The maximum atomic E-state index is 13.6. The fourth-order valence-electron chi connectivity index (χ4n) is 1.74. The van der Waals surface area contributed by atoms with Crippen molar-refractivity contribution in [2.75, 3.05) is 5.32 Å². The fraction of sp³-hybridized carbons (Fsp3) is 0.0714. The van der Waals surface area contributed by atoms with E-state index in [2.05, 4.69) is 5.32 Å². The summed E-state index contributed by atoms with van der Waals surface area (Å²) in [6, 6.07) is 9.06. The molecule has 0 aliphatic heterocycles. The van der Waals surface area contributed by atoms with Gasteiger partial charge < -0.3 is 10.4 Å². The molecule has 0 amide bonds. The van der Waals surface area contributed by atoms with E-state index in [1.54, 1.807) is 25.1 Å². The first-order valence-electron chi connectivity index (χ1n) is 5.54. The molecule has 3 nitrogen and oxygen atoms in total. The first-order valence-corrected chi connectivity index (χ1v) is 5.92. The van der Waals surface area contributed by atoms with Gasteiger partial charge in [-0.3, -0.25) is 0 Å². The number of benzene rings is 2. The summed E-state index contributed by atoms with van der Waals surface area (Å²) in [7, 11) is 0. The van der Waals surface area contributed by atoms with Crippen LogP contribution < -0.4 is 5.32 Å². The molecule has 0 spiro atoms. The molecule has 2 aromatic rings. The van der Waals surface area contributed by atoms with Gasteiger partial charge in [0.15, 0.2) is 0 Å². The number of aromatic carboxylic acids is 1. The molecule has 0 atom stereocenters. The van der Waals surface area contributed by atoms with Gasteiger partial charge in [-0.1, -0.05) is 17.7 Å². The first kappa shape index (κ1) is 13.4. The van der Waals surface area contributed by atoms with Crippen molar-refractivity contribution >= 4 is 28.9 Å². The van der Waals surface area contributed by atoms with E-state index in [4.69, 9.17) is 16.7 Å². The molecule has 0 unspecified atom stereocenters.